The van der Waals surface area contributed by atoms with Gasteiger partial charge in [0.2, 0.25) is 21.8 Å². The number of nitrogens with zero attached hydrogens (tertiary/aromatic N) is 2. The van der Waals surface area contributed by atoms with E-state index in [1.54, 1.807) is 44.4 Å². The maximum atomic E-state index is 13.5. The summed E-state index contributed by atoms with van der Waals surface area (Å²) in [6.45, 7) is 5.62. The summed E-state index contributed by atoms with van der Waals surface area (Å²) in [6, 6.07) is 11.4. The zero-order valence-electron chi connectivity index (χ0n) is 20.2. The van der Waals surface area contributed by atoms with Crippen molar-refractivity contribution in [3.63, 3.8) is 0 Å². The van der Waals surface area contributed by atoms with Crippen LogP contribution in [0.3, 0.4) is 0 Å². The molecule has 0 radical (unpaired) electrons. The molecule has 1 atom stereocenters. The van der Waals surface area contributed by atoms with Gasteiger partial charge in [0.1, 0.15) is 18.3 Å². The Hall–Kier alpha value is -2.59. The summed E-state index contributed by atoms with van der Waals surface area (Å²) in [7, 11) is -2.20. The van der Waals surface area contributed by atoms with Crippen LogP contribution in [0.2, 0.25) is 0 Å². The van der Waals surface area contributed by atoms with Gasteiger partial charge < -0.3 is 15.0 Å². The number of rotatable bonds is 11. The van der Waals surface area contributed by atoms with Crippen molar-refractivity contribution in [2.24, 2.45) is 0 Å². The second-order valence-electron chi connectivity index (χ2n) is 8.04. The first-order valence-corrected chi connectivity index (χ1v) is 13.6. The molecular formula is C24H32BrN3O5S. The van der Waals surface area contributed by atoms with Crippen molar-refractivity contribution in [3.05, 3.63) is 58.1 Å². The van der Waals surface area contributed by atoms with E-state index in [0.717, 1.165) is 32.6 Å². The Labute approximate surface area is 210 Å². The van der Waals surface area contributed by atoms with Gasteiger partial charge in [-0.15, -0.1) is 0 Å². The average Bonchev–Trinajstić information content (AvgIpc) is 2.80. The number of carbonyl (C=O) groups is 2. The Morgan fingerprint density at radius 1 is 1.15 bits per heavy atom. The second-order valence-corrected chi connectivity index (χ2v) is 10.8. The number of hydrogen-bond donors (Lipinski definition) is 1. The average molecular weight is 555 g/mol. The summed E-state index contributed by atoms with van der Waals surface area (Å²) < 4.78 is 32.3. The van der Waals surface area contributed by atoms with Crippen molar-refractivity contribution in [1.82, 2.24) is 10.2 Å². The van der Waals surface area contributed by atoms with Crippen molar-refractivity contribution in [3.8, 4) is 5.75 Å². The quantitative estimate of drug-likeness (QED) is 0.459. The van der Waals surface area contributed by atoms with Gasteiger partial charge in [-0.25, -0.2) is 8.42 Å². The number of amides is 2. The Morgan fingerprint density at radius 2 is 1.79 bits per heavy atom. The molecule has 186 valence electrons. The van der Waals surface area contributed by atoms with E-state index in [4.69, 9.17) is 4.74 Å². The molecule has 0 aliphatic rings. The van der Waals surface area contributed by atoms with E-state index in [9.17, 15) is 18.0 Å². The predicted octanol–water partition coefficient (Wildman–Crippen LogP) is 3.48. The van der Waals surface area contributed by atoms with Crippen LogP contribution in [-0.2, 0) is 26.2 Å². The smallest absolute Gasteiger partial charge is 0.244 e. The summed E-state index contributed by atoms with van der Waals surface area (Å²) in [6.07, 6.45) is 1.82. The minimum Gasteiger partial charge on any atom is -0.497 e. The van der Waals surface area contributed by atoms with Crippen LogP contribution in [-0.4, -0.2) is 57.6 Å². The zero-order chi connectivity index (χ0) is 25.5. The third-order valence-corrected chi connectivity index (χ3v) is 7.37. The van der Waals surface area contributed by atoms with Gasteiger partial charge in [0.05, 0.1) is 19.1 Å². The minimum atomic E-state index is -3.76. The SMILES string of the molecule is CCCNC(=O)[C@@H](C)N(Cc1ccc(OC)cc1)C(=O)CN(c1ccc(Br)c(C)c1)S(C)(=O)=O. The van der Waals surface area contributed by atoms with E-state index in [1.807, 2.05) is 26.0 Å². The van der Waals surface area contributed by atoms with Crippen molar-refractivity contribution in [2.75, 3.05) is 30.8 Å². The van der Waals surface area contributed by atoms with E-state index in [-0.39, 0.29) is 12.5 Å². The van der Waals surface area contributed by atoms with Crippen LogP contribution in [0.15, 0.2) is 46.9 Å². The van der Waals surface area contributed by atoms with Crippen molar-refractivity contribution in [1.29, 1.82) is 0 Å². The molecule has 0 aliphatic heterocycles. The largest absolute Gasteiger partial charge is 0.497 e. The summed E-state index contributed by atoms with van der Waals surface area (Å²) in [5.74, 6) is -0.112. The fourth-order valence-corrected chi connectivity index (χ4v) is 4.39. The highest BCUT2D eigenvalue weighted by molar-refractivity contribution is 9.10. The molecule has 0 saturated carbocycles. The number of halogens is 1. The number of ether oxygens (including phenoxy) is 1. The highest BCUT2D eigenvalue weighted by atomic mass is 79.9. The molecule has 8 nitrogen and oxygen atoms in total. The molecule has 0 spiro atoms. The molecule has 0 fully saturated rings. The van der Waals surface area contributed by atoms with E-state index in [1.165, 1.54) is 4.90 Å². The Kier molecular flexibility index (Phi) is 9.93. The lowest BCUT2D eigenvalue weighted by Gasteiger charge is -2.31. The molecule has 0 aliphatic carbocycles. The monoisotopic (exact) mass is 553 g/mol. The summed E-state index contributed by atoms with van der Waals surface area (Å²) >= 11 is 3.41. The van der Waals surface area contributed by atoms with Crippen LogP contribution < -0.4 is 14.4 Å². The number of benzene rings is 2. The van der Waals surface area contributed by atoms with Crippen LogP contribution in [0.4, 0.5) is 5.69 Å². The van der Waals surface area contributed by atoms with Crippen LogP contribution in [0.1, 0.15) is 31.4 Å². The first kappa shape index (κ1) is 27.7. The van der Waals surface area contributed by atoms with E-state index in [2.05, 4.69) is 21.2 Å². The standard InChI is InChI=1S/C24H32BrN3O5S/c1-6-13-26-24(30)18(3)27(15-19-7-10-21(33-4)11-8-19)23(29)16-28(34(5,31)32)20-9-12-22(25)17(2)14-20/h7-12,14,18H,6,13,15-16H2,1-5H3,(H,26,30)/t18-/m1/s1. The maximum absolute atomic E-state index is 13.5. The zero-order valence-corrected chi connectivity index (χ0v) is 22.6. The second kappa shape index (κ2) is 12.2. The summed E-state index contributed by atoms with van der Waals surface area (Å²) in [4.78, 5) is 27.6. The lowest BCUT2D eigenvalue weighted by molar-refractivity contribution is -0.139. The third-order valence-electron chi connectivity index (χ3n) is 5.34. The number of sulfonamides is 1. The molecule has 0 aromatic heterocycles. The van der Waals surface area contributed by atoms with Gasteiger partial charge >= 0.3 is 0 Å². The van der Waals surface area contributed by atoms with Crippen molar-refractivity contribution >= 4 is 43.5 Å². The summed E-state index contributed by atoms with van der Waals surface area (Å²) in [5.41, 5.74) is 2.00. The van der Waals surface area contributed by atoms with Crippen LogP contribution in [0, 0.1) is 6.92 Å². The van der Waals surface area contributed by atoms with E-state index in [0.29, 0.717) is 18.0 Å². The first-order chi connectivity index (χ1) is 16.0. The van der Waals surface area contributed by atoms with Crippen LogP contribution >= 0.6 is 15.9 Å². The van der Waals surface area contributed by atoms with Crippen molar-refractivity contribution in [2.45, 2.75) is 39.8 Å². The van der Waals surface area contributed by atoms with Gasteiger partial charge in [-0.3, -0.25) is 13.9 Å². The van der Waals surface area contributed by atoms with Gasteiger partial charge in [0, 0.05) is 17.6 Å². The molecular weight excluding hydrogens is 522 g/mol. The lowest BCUT2D eigenvalue weighted by atomic mass is 10.1. The Bertz CT molecular complexity index is 1110. The highest BCUT2D eigenvalue weighted by Crippen LogP contribution is 2.25. The number of aryl methyl sites for hydroxylation is 1. The topological polar surface area (TPSA) is 96.0 Å². The van der Waals surface area contributed by atoms with Crippen LogP contribution in [0.25, 0.3) is 0 Å². The molecule has 2 amide bonds. The molecule has 2 rings (SSSR count). The van der Waals surface area contributed by atoms with Gasteiger partial charge in [0.25, 0.3) is 0 Å². The molecule has 1 N–H and O–H groups in total. The summed E-state index contributed by atoms with van der Waals surface area (Å²) in [5, 5.41) is 2.81. The van der Waals surface area contributed by atoms with Gasteiger partial charge in [0.15, 0.2) is 0 Å². The third kappa shape index (κ3) is 7.46. The Balaban J connectivity index is 2.38. The normalized spacial score (nSPS) is 12.1. The van der Waals surface area contributed by atoms with Crippen molar-refractivity contribution < 1.29 is 22.7 Å². The minimum absolute atomic E-state index is 0.139. The molecule has 2 aromatic carbocycles. The number of nitrogens with one attached hydrogen (secondary N) is 1. The number of hydrogen-bond acceptors (Lipinski definition) is 5. The molecule has 0 heterocycles. The molecule has 10 heteroatoms. The molecule has 0 unspecified atom stereocenters. The molecule has 2 aromatic rings. The fourth-order valence-electron chi connectivity index (χ4n) is 3.30. The number of carbonyl (C=O) groups excluding carboxylic acids is 2. The molecule has 34 heavy (non-hydrogen) atoms. The molecule has 0 bridgehead atoms. The number of methoxy groups -OCH3 is 1. The van der Waals surface area contributed by atoms with Gasteiger partial charge in [-0.1, -0.05) is 35.0 Å². The fraction of sp³-hybridized carbons (Fsp3) is 0.417. The van der Waals surface area contributed by atoms with E-state index >= 15 is 0 Å². The predicted molar refractivity (Wildman–Crippen MR) is 137 cm³/mol. The first-order valence-electron chi connectivity index (χ1n) is 10.9. The maximum Gasteiger partial charge on any atom is 0.244 e. The number of anilines is 1. The highest BCUT2D eigenvalue weighted by Gasteiger charge is 2.30. The Morgan fingerprint density at radius 3 is 2.32 bits per heavy atom. The van der Waals surface area contributed by atoms with Crippen LogP contribution in [0.5, 0.6) is 5.75 Å². The van der Waals surface area contributed by atoms with E-state index < -0.39 is 28.5 Å². The lowest BCUT2D eigenvalue weighted by Crippen LogP contribution is -2.51. The molecule has 0 saturated heterocycles. The van der Waals surface area contributed by atoms with Gasteiger partial charge in [-0.05, 0) is 61.7 Å². The van der Waals surface area contributed by atoms with Gasteiger partial charge in [-0.2, -0.15) is 0 Å².